The Balaban J connectivity index is 1.51. The van der Waals surface area contributed by atoms with E-state index in [0.717, 1.165) is 29.7 Å². The lowest BCUT2D eigenvalue weighted by atomic mass is 9.82. The van der Waals surface area contributed by atoms with Crippen molar-refractivity contribution in [1.82, 2.24) is 4.90 Å². The topological polar surface area (TPSA) is 88.5 Å². The van der Waals surface area contributed by atoms with E-state index in [4.69, 9.17) is 25.8 Å². The highest BCUT2D eigenvalue weighted by Crippen LogP contribution is 2.48. The summed E-state index contributed by atoms with van der Waals surface area (Å²) in [6, 6.07) is 19.7. The molecule has 2 aliphatic heterocycles. The maximum absolute atomic E-state index is 13.9. The van der Waals surface area contributed by atoms with Crippen molar-refractivity contribution in [1.29, 1.82) is 0 Å². The van der Waals surface area contributed by atoms with Gasteiger partial charge in [0.25, 0.3) is 0 Å². The van der Waals surface area contributed by atoms with Gasteiger partial charge in [-0.3, -0.25) is 14.5 Å². The van der Waals surface area contributed by atoms with Crippen molar-refractivity contribution in [3.05, 3.63) is 82.9 Å². The molecular weight excluding hydrogens is 532 g/mol. The third kappa shape index (κ3) is 5.74. The van der Waals surface area contributed by atoms with Crippen molar-refractivity contribution in [2.75, 3.05) is 38.4 Å². The van der Waals surface area contributed by atoms with Gasteiger partial charge in [0.1, 0.15) is 5.75 Å². The van der Waals surface area contributed by atoms with Gasteiger partial charge in [-0.2, -0.15) is 0 Å². The van der Waals surface area contributed by atoms with E-state index in [-0.39, 0.29) is 25.2 Å². The van der Waals surface area contributed by atoms with E-state index in [2.05, 4.69) is 6.92 Å². The number of likely N-dealkylation sites (tertiary alicyclic amines) is 1. The minimum Gasteiger partial charge on any atom is -0.497 e. The van der Waals surface area contributed by atoms with Crippen molar-refractivity contribution in [2.24, 2.45) is 5.92 Å². The Morgan fingerprint density at radius 2 is 1.80 bits per heavy atom. The van der Waals surface area contributed by atoms with Crippen LogP contribution in [0.4, 0.5) is 5.69 Å². The number of benzene rings is 3. The van der Waals surface area contributed by atoms with Crippen LogP contribution in [0.15, 0.2) is 66.7 Å². The Kier molecular flexibility index (Phi) is 8.47. The van der Waals surface area contributed by atoms with Crippen LogP contribution < -0.4 is 19.1 Å². The highest BCUT2D eigenvalue weighted by Gasteiger charge is 2.48. The molecule has 5 rings (SSSR count). The smallest absolute Gasteiger partial charge is 0.309 e. The van der Waals surface area contributed by atoms with E-state index < -0.39 is 17.9 Å². The number of hydrogen-bond donors (Lipinski definition) is 1. The molecule has 0 spiro atoms. The quantitative estimate of drug-likeness (QED) is 0.335. The minimum absolute atomic E-state index is 0.0533. The SMILES string of the molecule is CCCCN(C(=O)CN1CC(c2ccc3c(c2)OCO3)C(C(=O)O)C1c1ccc(OC)cc1)c1cccc(Cl)c1. The summed E-state index contributed by atoms with van der Waals surface area (Å²) in [4.78, 5) is 30.5. The van der Waals surface area contributed by atoms with Crippen molar-refractivity contribution in [3.63, 3.8) is 0 Å². The van der Waals surface area contributed by atoms with Crippen LogP contribution >= 0.6 is 11.6 Å². The fourth-order valence-corrected chi connectivity index (χ4v) is 5.87. The number of amides is 1. The van der Waals surface area contributed by atoms with Crippen LogP contribution in [0.2, 0.25) is 5.02 Å². The normalized spacial score (nSPS) is 19.9. The van der Waals surface area contributed by atoms with Crippen LogP contribution in [0.1, 0.15) is 42.9 Å². The summed E-state index contributed by atoms with van der Waals surface area (Å²) >= 11 is 6.26. The minimum atomic E-state index is -0.920. The molecule has 0 aromatic heterocycles. The van der Waals surface area contributed by atoms with Gasteiger partial charge in [0.2, 0.25) is 12.7 Å². The van der Waals surface area contributed by atoms with Gasteiger partial charge in [0, 0.05) is 35.8 Å². The Morgan fingerprint density at radius 3 is 2.50 bits per heavy atom. The van der Waals surface area contributed by atoms with Crippen molar-refractivity contribution >= 4 is 29.2 Å². The summed E-state index contributed by atoms with van der Waals surface area (Å²) in [7, 11) is 1.59. The molecular formula is C31H33ClN2O6. The number of anilines is 1. The van der Waals surface area contributed by atoms with Crippen LogP contribution in [0.25, 0.3) is 0 Å². The largest absolute Gasteiger partial charge is 0.497 e. The summed E-state index contributed by atoms with van der Waals surface area (Å²) in [5, 5.41) is 11.1. The molecule has 0 bridgehead atoms. The molecule has 2 aliphatic rings. The van der Waals surface area contributed by atoms with Crippen molar-refractivity contribution in [3.8, 4) is 17.2 Å². The number of hydrogen-bond acceptors (Lipinski definition) is 6. The molecule has 1 fully saturated rings. The second kappa shape index (κ2) is 12.2. The van der Waals surface area contributed by atoms with E-state index in [9.17, 15) is 14.7 Å². The summed E-state index contributed by atoms with van der Waals surface area (Å²) < 4.78 is 16.4. The summed E-state index contributed by atoms with van der Waals surface area (Å²) in [5.41, 5.74) is 2.38. The zero-order chi connectivity index (χ0) is 28.2. The molecule has 1 N–H and O–H groups in total. The van der Waals surface area contributed by atoms with Crippen molar-refractivity contribution < 1.29 is 28.9 Å². The van der Waals surface area contributed by atoms with Crippen LogP contribution in [0, 0.1) is 5.92 Å². The van der Waals surface area contributed by atoms with Gasteiger partial charge in [0.05, 0.1) is 19.6 Å². The Hall–Kier alpha value is -3.75. The molecule has 0 aliphatic carbocycles. The monoisotopic (exact) mass is 564 g/mol. The lowest BCUT2D eigenvalue weighted by Gasteiger charge is -2.30. The fourth-order valence-electron chi connectivity index (χ4n) is 5.69. The molecule has 40 heavy (non-hydrogen) atoms. The van der Waals surface area contributed by atoms with Crippen LogP contribution in [-0.4, -0.2) is 55.4 Å². The number of ether oxygens (including phenoxy) is 3. The third-order valence-corrected chi connectivity index (χ3v) is 7.90. The molecule has 210 valence electrons. The van der Waals surface area contributed by atoms with Crippen LogP contribution in [-0.2, 0) is 9.59 Å². The lowest BCUT2D eigenvalue weighted by molar-refractivity contribution is -0.143. The molecule has 1 amide bonds. The summed E-state index contributed by atoms with van der Waals surface area (Å²) in [5.74, 6) is -0.278. The van der Waals surface area contributed by atoms with Gasteiger partial charge in [-0.25, -0.2) is 0 Å². The van der Waals surface area contributed by atoms with E-state index in [1.54, 1.807) is 24.1 Å². The molecule has 3 aromatic carbocycles. The number of aliphatic carboxylic acids is 1. The van der Waals surface area contributed by atoms with Crippen LogP contribution in [0.5, 0.6) is 17.2 Å². The lowest BCUT2D eigenvalue weighted by Crippen LogP contribution is -2.41. The number of carbonyl (C=O) groups excluding carboxylic acids is 1. The first kappa shape index (κ1) is 27.8. The average Bonchev–Trinajstić information content (AvgIpc) is 3.58. The number of nitrogens with zero attached hydrogens (tertiary/aromatic N) is 2. The Labute approximate surface area is 239 Å². The van der Waals surface area contributed by atoms with Gasteiger partial charge in [-0.05, 0) is 60.0 Å². The highest BCUT2D eigenvalue weighted by molar-refractivity contribution is 6.30. The van der Waals surface area contributed by atoms with E-state index >= 15 is 0 Å². The van der Waals surface area contributed by atoms with E-state index in [1.807, 2.05) is 59.5 Å². The fraction of sp³-hybridized carbons (Fsp3) is 0.355. The third-order valence-electron chi connectivity index (χ3n) is 7.66. The van der Waals surface area contributed by atoms with Gasteiger partial charge < -0.3 is 24.2 Å². The van der Waals surface area contributed by atoms with Gasteiger partial charge in [0.15, 0.2) is 11.5 Å². The first-order valence-corrected chi connectivity index (χ1v) is 13.8. The number of carbonyl (C=O) groups is 2. The zero-order valence-corrected chi connectivity index (χ0v) is 23.3. The number of rotatable bonds is 10. The number of methoxy groups -OCH3 is 1. The molecule has 9 heteroatoms. The molecule has 8 nitrogen and oxygen atoms in total. The zero-order valence-electron chi connectivity index (χ0n) is 22.6. The molecule has 2 heterocycles. The van der Waals surface area contributed by atoms with E-state index in [0.29, 0.717) is 35.4 Å². The predicted molar refractivity (Wildman–Crippen MR) is 152 cm³/mol. The molecule has 1 saturated heterocycles. The number of carboxylic acid groups (broad SMARTS) is 1. The van der Waals surface area contributed by atoms with Crippen LogP contribution in [0.3, 0.4) is 0 Å². The maximum Gasteiger partial charge on any atom is 0.309 e. The van der Waals surface area contributed by atoms with Gasteiger partial charge in [-0.1, -0.05) is 49.2 Å². The van der Waals surface area contributed by atoms with Gasteiger partial charge in [-0.15, -0.1) is 0 Å². The van der Waals surface area contributed by atoms with Crippen molar-refractivity contribution in [2.45, 2.75) is 31.7 Å². The number of carboxylic acids is 1. The molecule has 0 saturated carbocycles. The Morgan fingerprint density at radius 1 is 1.05 bits per heavy atom. The maximum atomic E-state index is 13.9. The predicted octanol–water partition coefficient (Wildman–Crippen LogP) is 5.75. The highest BCUT2D eigenvalue weighted by atomic mass is 35.5. The second-order valence-corrected chi connectivity index (χ2v) is 10.5. The molecule has 0 radical (unpaired) electrons. The Bertz CT molecular complexity index is 1360. The first-order valence-electron chi connectivity index (χ1n) is 13.5. The molecule has 3 aromatic rings. The standard InChI is InChI=1S/C31H33ClN2O6/c1-3-4-14-34(23-7-5-6-22(32)16-23)28(35)18-33-17-25(21-10-13-26-27(15-21)40-19-39-26)29(31(36)37)30(33)20-8-11-24(38-2)12-9-20/h5-13,15-16,25,29-30H,3-4,14,17-19H2,1-2H3,(H,36,37). The number of unbranched alkanes of at least 4 members (excludes halogenated alkanes) is 1. The number of halogens is 1. The molecule has 3 unspecified atom stereocenters. The second-order valence-electron chi connectivity index (χ2n) is 10.1. The average molecular weight is 565 g/mol. The van der Waals surface area contributed by atoms with E-state index in [1.165, 1.54) is 0 Å². The summed E-state index contributed by atoms with van der Waals surface area (Å²) in [6.07, 6.45) is 1.76. The molecule has 3 atom stereocenters. The van der Waals surface area contributed by atoms with Gasteiger partial charge >= 0.3 is 5.97 Å². The summed E-state index contributed by atoms with van der Waals surface area (Å²) in [6.45, 7) is 3.20. The first-order chi connectivity index (χ1) is 19.4. The number of fused-ring (bicyclic) bond motifs is 1.